The van der Waals surface area contributed by atoms with Crippen molar-refractivity contribution in [1.82, 2.24) is 9.97 Å². The highest BCUT2D eigenvalue weighted by atomic mass is 16.5. The monoisotopic (exact) mass is 153 g/mol. The van der Waals surface area contributed by atoms with E-state index >= 15 is 0 Å². The van der Waals surface area contributed by atoms with Gasteiger partial charge in [0.25, 0.3) is 0 Å². The molecular formula is C5H7N5O+2. The van der Waals surface area contributed by atoms with Crippen molar-refractivity contribution >= 4 is 17.0 Å². The third kappa shape index (κ3) is 0.689. The lowest BCUT2D eigenvalue weighted by Gasteiger charge is -1.86. The lowest BCUT2D eigenvalue weighted by atomic mass is 10.5. The van der Waals surface area contributed by atoms with Gasteiger partial charge >= 0.3 is 17.8 Å². The number of rotatable bonds is 0. The molecule has 56 valence electrons. The summed E-state index contributed by atoms with van der Waals surface area (Å²) in [5.74, 6) is 0.233. The minimum atomic E-state index is 0.233. The first-order valence-electron chi connectivity index (χ1n) is 3.03. The summed E-state index contributed by atoms with van der Waals surface area (Å²) in [5.41, 5.74) is 6.70. The molecule has 0 radical (unpaired) electrons. The number of aromatic nitrogens is 4. The molecule has 0 amide bonds. The van der Waals surface area contributed by atoms with Gasteiger partial charge in [0, 0.05) is 9.71 Å². The summed E-state index contributed by atoms with van der Waals surface area (Å²) >= 11 is 0. The number of hydrogen-bond acceptors (Lipinski definition) is 3. The Bertz CT molecular complexity index is 395. The number of nitrogen functional groups attached to an aromatic ring is 1. The Morgan fingerprint density at radius 2 is 2.55 bits per heavy atom. The average molecular weight is 153 g/mol. The zero-order valence-electron chi connectivity index (χ0n) is 5.57. The van der Waals surface area contributed by atoms with Gasteiger partial charge in [0.1, 0.15) is 0 Å². The topological polar surface area (TPSA) is 93.0 Å². The molecule has 6 nitrogen and oxygen atoms in total. The maximum atomic E-state index is 9.05. The second-order valence-electron chi connectivity index (χ2n) is 2.13. The van der Waals surface area contributed by atoms with Crippen LogP contribution in [0.1, 0.15) is 0 Å². The largest absolute Gasteiger partial charge is 0.419 e. The molecular weight excluding hydrogens is 146 g/mol. The van der Waals surface area contributed by atoms with Crippen LogP contribution in [0.3, 0.4) is 0 Å². The van der Waals surface area contributed by atoms with Crippen LogP contribution in [0.25, 0.3) is 11.2 Å². The van der Waals surface area contributed by atoms with Gasteiger partial charge in [-0.25, -0.2) is 0 Å². The first-order valence-corrected chi connectivity index (χ1v) is 3.03. The van der Waals surface area contributed by atoms with Gasteiger partial charge in [0.15, 0.2) is 0 Å². The van der Waals surface area contributed by atoms with Crippen LogP contribution in [0.4, 0.5) is 5.82 Å². The summed E-state index contributed by atoms with van der Waals surface area (Å²) in [6, 6.07) is 0. The Balaban J connectivity index is 2.93. The lowest BCUT2D eigenvalue weighted by molar-refractivity contribution is -0.917. The van der Waals surface area contributed by atoms with Crippen molar-refractivity contribution < 1.29 is 14.9 Å². The summed E-state index contributed by atoms with van der Waals surface area (Å²) in [6.07, 6.45) is 2.82. The van der Waals surface area contributed by atoms with E-state index in [9.17, 15) is 0 Å². The molecule has 2 heterocycles. The predicted molar refractivity (Wildman–Crippen MR) is 34.4 cm³/mol. The number of nitrogens with two attached hydrogens (primary N) is 1. The average Bonchev–Trinajstić information content (AvgIpc) is 2.45. The quantitative estimate of drug-likeness (QED) is 0.317. The van der Waals surface area contributed by atoms with Gasteiger partial charge in [0.05, 0.1) is 0 Å². The first-order chi connectivity index (χ1) is 5.29. The van der Waals surface area contributed by atoms with Gasteiger partial charge in [-0.15, -0.1) is 0 Å². The number of aromatic amines is 2. The fraction of sp³-hybridized carbons (Fsp3) is 0. The van der Waals surface area contributed by atoms with Crippen LogP contribution in [0.15, 0.2) is 12.7 Å². The molecule has 2 aromatic rings. The SMILES string of the molecule is Nc1c2[nH]cnc2[nH+]c[n+]1O. The first kappa shape index (κ1) is 5.90. The van der Waals surface area contributed by atoms with E-state index in [0.29, 0.717) is 11.2 Å². The minimum absolute atomic E-state index is 0.233. The number of fused-ring (bicyclic) bond motifs is 1. The Morgan fingerprint density at radius 3 is 3.36 bits per heavy atom. The van der Waals surface area contributed by atoms with Gasteiger partial charge in [-0.1, -0.05) is 0 Å². The van der Waals surface area contributed by atoms with Crippen LogP contribution < -0.4 is 15.4 Å². The Hall–Kier alpha value is -1.85. The van der Waals surface area contributed by atoms with Crippen molar-refractivity contribution in [3.63, 3.8) is 0 Å². The van der Waals surface area contributed by atoms with Crippen molar-refractivity contribution in [3.05, 3.63) is 12.7 Å². The van der Waals surface area contributed by atoms with Crippen molar-refractivity contribution in [2.75, 3.05) is 5.73 Å². The van der Waals surface area contributed by atoms with Crippen molar-refractivity contribution in [3.8, 4) is 0 Å². The highest BCUT2D eigenvalue weighted by molar-refractivity contribution is 5.75. The third-order valence-electron chi connectivity index (χ3n) is 1.47. The maximum absolute atomic E-state index is 9.05. The molecule has 2 rings (SSSR count). The lowest BCUT2D eigenvalue weighted by Crippen LogP contribution is -2.38. The third-order valence-corrected chi connectivity index (χ3v) is 1.47. The molecule has 11 heavy (non-hydrogen) atoms. The number of nitrogens with one attached hydrogen (secondary N) is 2. The van der Waals surface area contributed by atoms with Gasteiger partial charge in [-0.2, -0.15) is 4.98 Å². The molecule has 0 atom stereocenters. The van der Waals surface area contributed by atoms with Crippen LogP contribution in [0.5, 0.6) is 0 Å². The van der Waals surface area contributed by atoms with Crippen LogP contribution in [0, 0.1) is 0 Å². The summed E-state index contributed by atoms with van der Waals surface area (Å²) in [5, 5.41) is 9.05. The Morgan fingerprint density at radius 1 is 1.73 bits per heavy atom. The number of nitrogens with zero attached hydrogens (tertiary/aromatic N) is 2. The van der Waals surface area contributed by atoms with E-state index in [0.717, 1.165) is 4.73 Å². The van der Waals surface area contributed by atoms with E-state index in [1.807, 2.05) is 0 Å². The highest BCUT2D eigenvalue weighted by Crippen LogP contribution is 2.04. The molecule has 0 unspecified atom stereocenters. The molecule has 0 saturated heterocycles. The summed E-state index contributed by atoms with van der Waals surface area (Å²) in [7, 11) is 0. The molecule has 0 fully saturated rings. The van der Waals surface area contributed by atoms with Gasteiger partial charge < -0.3 is 15.9 Å². The highest BCUT2D eigenvalue weighted by Gasteiger charge is 2.17. The molecule has 0 aliphatic rings. The summed E-state index contributed by atoms with van der Waals surface area (Å²) in [6.45, 7) is 0. The molecule has 0 spiro atoms. The van der Waals surface area contributed by atoms with E-state index < -0.39 is 0 Å². The zero-order valence-corrected chi connectivity index (χ0v) is 5.57. The van der Waals surface area contributed by atoms with E-state index in [1.54, 1.807) is 0 Å². The standard InChI is InChI=1S/C5H5N5O/c6-4-3-5(8-1-7-3)9-2-10(4)11/h1-2,11H,(H2,6,7,8)/p+2. The Kier molecular flexibility index (Phi) is 0.974. The van der Waals surface area contributed by atoms with Crippen LogP contribution in [-0.2, 0) is 0 Å². The smallest absolute Gasteiger partial charge is 0.354 e. The van der Waals surface area contributed by atoms with Gasteiger partial charge in [0.2, 0.25) is 11.8 Å². The normalized spacial score (nSPS) is 10.5. The van der Waals surface area contributed by atoms with Crippen molar-refractivity contribution in [2.24, 2.45) is 0 Å². The van der Waals surface area contributed by atoms with E-state index in [1.165, 1.54) is 12.7 Å². The predicted octanol–water partition coefficient (Wildman–Crippen LogP) is -1.52. The van der Waals surface area contributed by atoms with E-state index in [4.69, 9.17) is 10.9 Å². The fourth-order valence-electron chi connectivity index (χ4n) is 0.905. The summed E-state index contributed by atoms with van der Waals surface area (Å²) < 4.78 is 0.792. The molecule has 0 saturated carbocycles. The molecule has 0 aromatic carbocycles. The molecule has 2 aromatic heterocycles. The molecule has 0 bridgehead atoms. The number of anilines is 1. The summed E-state index contributed by atoms with van der Waals surface area (Å²) in [4.78, 5) is 9.42. The zero-order chi connectivity index (χ0) is 7.84. The second kappa shape index (κ2) is 1.82. The molecule has 6 heteroatoms. The van der Waals surface area contributed by atoms with Crippen LogP contribution in [-0.4, -0.2) is 15.2 Å². The second-order valence-corrected chi connectivity index (χ2v) is 2.13. The van der Waals surface area contributed by atoms with E-state index in [-0.39, 0.29) is 5.82 Å². The van der Waals surface area contributed by atoms with Crippen LogP contribution >= 0.6 is 0 Å². The Labute approximate surface area is 61.3 Å². The van der Waals surface area contributed by atoms with Gasteiger partial charge in [-0.05, 0) is 0 Å². The number of imidazole rings is 1. The van der Waals surface area contributed by atoms with Crippen LogP contribution in [0.2, 0.25) is 0 Å². The maximum Gasteiger partial charge on any atom is 0.419 e. The van der Waals surface area contributed by atoms with E-state index in [2.05, 4.69) is 15.0 Å². The van der Waals surface area contributed by atoms with Crippen molar-refractivity contribution in [1.29, 1.82) is 0 Å². The molecule has 0 aliphatic heterocycles. The fourth-order valence-corrected chi connectivity index (χ4v) is 0.905. The minimum Gasteiger partial charge on any atom is -0.354 e. The van der Waals surface area contributed by atoms with Gasteiger partial charge in [-0.3, -0.25) is 0 Å². The van der Waals surface area contributed by atoms with Crippen molar-refractivity contribution in [2.45, 2.75) is 0 Å². The number of H-pyrrole nitrogens is 2. The molecule has 5 N–H and O–H groups in total. The molecule has 0 aliphatic carbocycles. The number of hydrogen-bond donors (Lipinski definition) is 3.